The van der Waals surface area contributed by atoms with E-state index >= 15 is 0 Å². The minimum atomic E-state index is -0.0174. The van der Waals surface area contributed by atoms with Crippen LogP contribution in [0.25, 0.3) is 11.0 Å². The highest BCUT2D eigenvalue weighted by atomic mass is 16.5. The van der Waals surface area contributed by atoms with Gasteiger partial charge in [-0.1, -0.05) is 6.92 Å². The van der Waals surface area contributed by atoms with Gasteiger partial charge in [0.25, 0.3) is 0 Å². The van der Waals surface area contributed by atoms with Crippen LogP contribution in [0.5, 0.6) is 5.75 Å². The predicted octanol–water partition coefficient (Wildman–Crippen LogP) is 2.07. The first-order valence-electron chi connectivity index (χ1n) is 7.70. The lowest BCUT2D eigenvalue weighted by molar-refractivity contribution is 0.181. The van der Waals surface area contributed by atoms with Crippen molar-refractivity contribution in [2.45, 2.75) is 26.3 Å². The molecule has 5 nitrogen and oxygen atoms in total. The van der Waals surface area contributed by atoms with Crippen LogP contribution in [0.1, 0.15) is 19.8 Å². The average Bonchev–Trinajstić information content (AvgIpc) is 2.83. The number of H-pyrrole nitrogens is 1. The number of aromatic nitrogens is 2. The monoisotopic (exact) mass is 289 g/mol. The summed E-state index contributed by atoms with van der Waals surface area (Å²) >= 11 is 0. The van der Waals surface area contributed by atoms with E-state index in [0.717, 1.165) is 43.0 Å². The number of methoxy groups -OCH3 is 1. The van der Waals surface area contributed by atoms with Crippen molar-refractivity contribution in [2.24, 2.45) is 5.92 Å². The number of aromatic amines is 1. The van der Waals surface area contributed by atoms with Gasteiger partial charge in [-0.15, -0.1) is 0 Å². The fraction of sp³-hybridized carbons (Fsp3) is 0.562. The first-order chi connectivity index (χ1) is 10.2. The van der Waals surface area contributed by atoms with Gasteiger partial charge in [-0.05, 0) is 50.5 Å². The number of likely N-dealkylation sites (tertiary alicyclic amines) is 1. The van der Waals surface area contributed by atoms with Gasteiger partial charge in [0, 0.05) is 12.6 Å². The lowest BCUT2D eigenvalue weighted by atomic mass is 9.97. The highest BCUT2D eigenvalue weighted by molar-refractivity contribution is 5.76. The zero-order valence-corrected chi connectivity index (χ0v) is 12.8. The Morgan fingerprint density at radius 2 is 2.10 bits per heavy atom. The number of benzene rings is 1. The number of hydrogen-bond donors (Lipinski definition) is 1. The van der Waals surface area contributed by atoms with Crippen molar-refractivity contribution in [3.05, 3.63) is 28.7 Å². The predicted molar refractivity (Wildman–Crippen MR) is 83.9 cm³/mol. The molecule has 1 aromatic carbocycles. The van der Waals surface area contributed by atoms with Crippen molar-refractivity contribution >= 4 is 11.0 Å². The molecule has 1 aliphatic heterocycles. The van der Waals surface area contributed by atoms with Crippen LogP contribution >= 0.6 is 0 Å². The Labute approximate surface area is 124 Å². The van der Waals surface area contributed by atoms with Gasteiger partial charge in [0.15, 0.2) is 0 Å². The zero-order valence-electron chi connectivity index (χ0n) is 12.8. The van der Waals surface area contributed by atoms with Crippen LogP contribution in [0.15, 0.2) is 23.0 Å². The van der Waals surface area contributed by atoms with Crippen LogP contribution in [-0.4, -0.2) is 41.2 Å². The lowest BCUT2D eigenvalue weighted by Gasteiger charge is -2.31. The van der Waals surface area contributed by atoms with Crippen LogP contribution in [-0.2, 0) is 6.54 Å². The van der Waals surface area contributed by atoms with Gasteiger partial charge < -0.3 is 14.6 Å². The Morgan fingerprint density at radius 3 is 2.76 bits per heavy atom. The Balaban J connectivity index is 1.81. The largest absolute Gasteiger partial charge is 0.497 e. The highest BCUT2D eigenvalue weighted by Gasteiger charge is 2.20. The third kappa shape index (κ3) is 2.83. The summed E-state index contributed by atoms with van der Waals surface area (Å²) in [6.45, 7) is 6.43. The summed E-state index contributed by atoms with van der Waals surface area (Å²) < 4.78 is 7.08. The van der Waals surface area contributed by atoms with E-state index in [9.17, 15) is 4.79 Å². The minimum absolute atomic E-state index is 0.0174. The van der Waals surface area contributed by atoms with E-state index in [1.807, 2.05) is 22.8 Å². The van der Waals surface area contributed by atoms with Crippen LogP contribution in [0.2, 0.25) is 0 Å². The maximum atomic E-state index is 12.2. The quantitative estimate of drug-likeness (QED) is 0.937. The molecule has 0 atom stereocenters. The molecule has 0 bridgehead atoms. The normalized spacial score (nSPS) is 17.4. The molecule has 0 spiro atoms. The molecule has 3 rings (SSSR count). The summed E-state index contributed by atoms with van der Waals surface area (Å²) in [6, 6.07) is 5.76. The fourth-order valence-electron chi connectivity index (χ4n) is 3.19. The van der Waals surface area contributed by atoms with E-state index in [1.165, 1.54) is 12.8 Å². The number of rotatable bonds is 4. The van der Waals surface area contributed by atoms with Gasteiger partial charge in [0.1, 0.15) is 5.75 Å². The molecule has 2 aromatic rings. The Bertz CT molecular complexity index is 666. The van der Waals surface area contributed by atoms with Gasteiger partial charge in [-0.2, -0.15) is 0 Å². The molecule has 0 saturated carbocycles. The number of ether oxygens (including phenoxy) is 1. The average molecular weight is 289 g/mol. The molecular weight excluding hydrogens is 266 g/mol. The minimum Gasteiger partial charge on any atom is -0.497 e. The molecule has 0 unspecified atom stereocenters. The number of nitrogens with one attached hydrogen (secondary N) is 1. The zero-order chi connectivity index (χ0) is 14.8. The van der Waals surface area contributed by atoms with Crippen molar-refractivity contribution < 1.29 is 4.74 Å². The molecule has 1 aromatic heterocycles. The SMILES string of the molecule is CCN1CCC(Cn2c(=O)[nH]c3cc(OC)ccc32)CC1. The number of piperidine rings is 1. The summed E-state index contributed by atoms with van der Waals surface area (Å²) in [6.07, 6.45) is 2.34. The molecule has 5 heteroatoms. The maximum absolute atomic E-state index is 12.2. The lowest BCUT2D eigenvalue weighted by Crippen LogP contribution is -2.35. The maximum Gasteiger partial charge on any atom is 0.326 e. The number of hydrogen-bond acceptors (Lipinski definition) is 3. The second kappa shape index (κ2) is 5.93. The molecule has 1 fully saturated rings. The van der Waals surface area contributed by atoms with E-state index in [1.54, 1.807) is 7.11 Å². The van der Waals surface area contributed by atoms with E-state index in [4.69, 9.17) is 4.74 Å². The molecule has 1 saturated heterocycles. The third-order valence-electron chi connectivity index (χ3n) is 4.58. The van der Waals surface area contributed by atoms with Crippen molar-refractivity contribution in [1.82, 2.24) is 14.5 Å². The van der Waals surface area contributed by atoms with Gasteiger partial charge in [-0.3, -0.25) is 4.57 Å². The van der Waals surface area contributed by atoms with Crippen LogP contribution in [0, 0.1) is 5.92 Å². The summed E-state index contributed by atoms with van der Waals surface area (Å²) in [5, 5.41) is 0. The summed E-state index contributed by atoms with van der Waals surface area (Å²) in [5.41, 5.74) is 1.81. The standard InChI is InChI=1S/C16H23N3O2/c1-3-18-8-6-12(7-9-18)11-19-15-5-4-13(21-2)10-14(15)17-16(19)20/h4-5,10,12H,3,6-9,11H2,1-2H3,(H,17,20). The number of fused-ring (bicyclic) bond motifs is 1. The summed E-state index contributed by atoms with van der Waals surface area (Å²) in [7, 11) is 1.64. The topological polar surface area (TPSA) is 50.3 Å². The second-order valence-electron chi connectivity index (χ2n) is 5.80. The Kier molecular flexibility index (Phi) is 4.01. The van der Waals surface area contributed by atoms with Gasteiger partial charge in [0.2, 0.25) is 0 Å². The first-order valence-corrected chi connectivity index (χ1v) is 7.70. The molecule has 0 amide bonds. The molecule has 0 aliphatic carbocycles. The molecule has 21 heavy (non-hydrogen) atoms. The smallest absolute Gasteiger partial charge is 0.326 e. The Morgan fingerprint density at radius 1 is 1.33 bits per heavy atom. The van der Waals surface area contributed by atoms with Crippen molar-refractivity contribution in [1.29, 1.82) is 0 Å². The van der Waals surface area contributed by atoms with Crippen molar-refractivity contribution in [2.75, 3.05) is 26.7 Å². The van der Waals surface area contributed by atoms with Gasteiger partial charge in [0.05, 0.1) is 18.1 Å². The molecule has 1 aliphatic rings. The van der Waals surface area contributed by atoms with E-state index in [0.29, 0.717) is 5.92 Å². The Hall–Kier alpha value is -1.75. The fourth-order valence-corrected chi connectivity index (χ4v) is 3.19. The van der Waals surface area contributed by atoms with Gasteiger partial charge in [-0.25, -0.2) is 4.79 Å². The first kappa shape index (κ1) is 14.2. The number of imidazole rings is 1. The third-order valence-corrected chi connectivity index (χ3v) is 4.58. The molecule has 1 N–H and O–H groups in total. The summed E-state index contributed by atoms with van der Waals surface area (Å²) in [4.78, 5) is 17.6. The van der Waals surface area contributed by atoms with Crippen LogP contribution in [0.4, 0.5) is 0 Å². The van der Waals surface area contributed by atoms with Crippen LogP contribution < -0.4 is 10.4 Å². The number of nitrogens with zero attached hydrogens (tertiary/aromatic N) is 2. The van der Waals surface area contributed by atoms with Gasteiger partial charge >= 0.3 is 5.69 Å². The van der Waals surface area contributed by atoms with E-state index in [-0.39, 0.29) is 5.69 Å². The molecule has 0 radical (unpaired) electrons. The molecule has 2 heterocycles. The molecule has 114 valence electrons. The van der Waals surface area contributed by atoms with E-state index in [2.05, 4.69) is 16.8 Å². The molecular formula is C16H23N3O2. The van der Waals surface area contributed by atoms with Crippen molar-refractivity contribution in [3.63, 3.8) is 0 Å². The highest BCUT2D eigenvalue weighted by Crippen LogP contribution is 2.22. The van der Waals surface area contributed by atoms with E-state index < -0.39 is 0 Å². The van der Waals surface area contributed by atoms with Crippen LogP contribution in [0.3, 0.4) is 0 Å². The van der Waals surface area contributed by atoms with Crippen molar-refractivity contribution in [3.8, 4) is 5.75 Å². The second-order valence-corrected chi connectivity index (χ2v) is 5.80. The summed E-state index contributed by atoms with van der Waals surface area (Å²) in [5.74, 6) is 1.36.